The number of nitrogens with zero attached hydrogens (tertiary/aromatic N) is 4. The molecule has 6 nitrogen and oxygen atoms in total. The number of aryl methyl sites for hydroxylation is 1. The summed E-state index contributed by atoms with van der Waals surface area (Å²) in [4.78, 5) is 14.7. The highest BCUT2D eigenvalue weighted by Gasteiger charge is 2.31. The third-order valence-electron chi connectivity index (χ3n) is 6.12. The molecular formula is C27H28N4O2. The summed E-state index contributed by atoms with van der Waals surface area (Å²) >= 11 is 0. The largest absolute Gasteiger partial charge is 0.484 e. The molecule has 3 heterocycles. The van der Waals surface area contributed by atoms with Crippen LogP contribution in [0.3, 0.4) is 0 Å². The number of benzene rings is 2. The molecule has 0 saturated carbocycles. The van der Waals surface area contributed by atoms with Crippen molar-refractivity contribution in [3.63, 3.8) is 0 Å². The maximum Gasteiger partial charge on any atom is 0.261 e. The van der Waals surface area contributed by atoms with Gasteiger partial charge in [0.1, 0.15) is 11.6 Å². The van der Waals surface area contributed by atoms with Crippen molar-refractivity contribution in [1.29, 1.82) is 0 Å². The SMILES string of the molecule is Cc1ccc(-n2nc3c(c2-n2cccc2)CN(C(=O)COc2ccc(C(C)C)cc2)C3)cc1. The number of carbonyl (C=O) groups is 1. The van der Waals surface area contributed by atoms with E-state index in [2.05, 4.69) is 49.6 Å². The molecule has 6 heteroatoms. The van der Waals surface area contributed by atoms with Crippen molar-refractivity contribution in [2.45, 2.75) is 39.8 Å². The fraction of sp³-hybridized carbons (Fsp3) is 0.259. The summed E-state index contributed by atoms with van der Waals surface area (Å²) in [6, 6.07) is 20.3. The molecule has 1 amide bonds. The van der Waals surface area contributed by atoms with E-state index >= 15 is 0 Å². The van der Waals surface area contributed by atoms with Gasteiger partial charge in [-0.25, -0.2) is 4.68 Å². The second-order valence-corrected chi connectivity index (χ2v) is 8.85. The summed E-state index contributed by atoms with van der Waals surface area (Å²) < 4.78 is 9.81. The second-order valence-electron chi connectivity index (χ2n) is 8.85. The van der Waals surface area contributed by atoms with Crippen LogP contribution in [0.4, 0.5) is 0 Å². The van der Waals surface area contributed by atoms with Gasteiger partial charge in [0, 0.05) is 18.0 Å². The molecule has 5 rings (SSSR count). The summed E-state index contributed by atoms with van der Waals surface area (Å²) in [6.45, 7) is 7.40. The lowest BCUT2D eigenvalue weighted by Crippen LogP contribution is -2.31. The van der Waals surface area contributed by atoms with Crippen LogP contribution in [0.1, 0.15) is 42.1 Å². The quantitative estimate of drug-likeness (QED) is 0.423. The lowest BCUT2D eigenvalue weighted by molar-refractivity contribution is -0.134. The fourth-order valence-corrected chi connectivity index (χ4v) is 4.17. The van der Waals surface area contributed by atoms with Crippen molar-refractivity contribution in [2.24, 2.45) is 0 Å². The number of ether oxygens (including phenoxy) is 1. The van der Waals surface area contributed by atoms with E-state index in [1.165, 1.54) is 11.1 Å². The third kappa shape index (κ3) is 4.16. The van der Waals surface area contributed by atoms with E-state index in [-0.39, 0.29) is 12.5 Å². The van der Waals surface area contributed by atoms with E-state index in [9.17, 15) is 4.79 Å². The first-order valence-corrected chi connectivity index (χ1v) is 11.3. The van der Waals surface area contributed by atoms with Crippen molar-refractivity contribution in [3.8, 4) is 17.3 Å². The zero-order valence-corrected chi connectivity index (χ0v) is 19.2. The van der Waals surface area contributed by atoms with Crippen LogP contribution >= 0.6 is 0 Å². The molecule has 33 heavy (non-hydrogen) atoms. The zero-order chi connectivity index (χ0) is 22.9. The first kappa shape index (κ1) is 21.1. The van der Waals surface area contributed by atoms with Gasteiger partial charge in [-0.2, -0.15) is 5.10 Å². The van der Waals surface area contributed by atoms with Gasteiger partial charge in [-0.05, 0) is 54.8 Å². The molecule has 0 bridgehead atoms. The molecule has 0 atom stereocenters. The molecule has 1 aliphatic heterocycles. The zero-order valence-electron chi connectivity index (χ0n) is 19.2. The van der Waals surface area contributed by atoms with Crippen LogP contribution in [0, 0.1) is 6.92 Å². The molecule has 0 fully saturated rings. The minimum Gasteiger partial charge on any atom is -0.484 e. The van der Waals surface area contributed by atoms with Crippen molar-refractivity contribution in [2.75, 3.05) is 6.61 Å². The monoisotopic (exact) mass is 440 g/mol. The normalized spacial score (nSPS) is 12.9. The number of carbonyl (C=O) groups excluding carboxylic acids is 1. The van der Waals surface area contributed by atoms with E-state index in [1.807, 2.05) is 58.4 Å². The summed E-state index contributed by atoms with van der Waals surface area (Å²) in [7, 11) is 0. The van der Waals surface area contributed by atoms with Crippen LogP contribution in [0.2, 0.25) is 0 Å². The highest BCUT2D eigenvalue weighted by molar-refractivity contribution is 5.78. The molecule has 0 radical (unpaired) electrons. The van der Waals surface area contributed by atoms with Gasteiger partial charge in [0.15, 0.2) is 6.61 Å². The molecule has 2 aromatic carbocycles. The van der Waals surface area contributed by atoms with Gasteiger partial charge in [-0.15, -0.1) is 0 Å². The lowest BCUT2D eigenvalue weighted by atomic mass is 10.0. The third-order valence-corrected chi connectivity index (χ3v) is 6.12. The summed E-state index contributed by atoms with van der Waals surface area (Å²) in [6.07, 6.45) is 4.02. The Morgan fingerprint density at radius 2 is 1.70 bits per heavy atom. The molecule has 0 saturated heterocycles. The highest BCUT2D eigenvalue weighted by atomic mass is 16.5. The fourth-order valence-electron chi connectivity index (χ4n) is 4.17. The first-order valence-electron chi connectivity index (χ1n) is 11.3. The van der Waals surface area contributed by atoms with Gasteiger partial charge in [0.05, 0.1) is 24.5 Å². The van der Waals surface area contributed by atoms with Gasteiger partial charge >= 0.3 is 0 Å². The Hall–Kier alpha value is -3.80. The van der Waals surface area contributed by atoms with E-state index < -0.39 is 0 Å². The molecule has 0 spiro atoms. The lowest BCUT2D eigenvalue weighted by Gasteiger charge is -2.18. The van der Waals surface area contributed by atoms with Crippen LogP contribution in [-0.4, -0.2) is 31.8 Å². The Kier molecular flexibility index (Phi) is 5.50. The average Bonchev–Trinajstić information content (AvgIpc) is 3.54. The van der Waals surface area contributed by atoms with Crippen LogP contribution in [-0.2, 0) is 17.9 Å². The van der Waals surface area contributed by atoms with Crippen molar-refractivity contribution < 1.29 is 9.53 Å². The Balaban J connectivity index is 1.34. The van der Waals surface area contributed by atoms with E-state index in [4.69, 9.17) is 9.84 Å². The summed E-state index contributed by atoms with van der Waals surface area (Å²) in [5.74, 6) is 2.11. The summed E-state index contributed by atoms with van der Waals surface area (Å²) in [5, 5.41) is 4.88. The van der Waals surface area contributed by atoms with Crippen LogP contribution in [0.25, 0.3) is 11.5 Å². The number of fused-ring (bicyclic) bond motifs is 1. The Morgan fingerprint density at radius 1 is 1.00 bits per heavy atom. The topological polar surface area (TPSA) is 52.3 Å². The number of aromatic nitrogens is 3. The van der Waals surface area contributed by atoms with E-state index in [0.29, 0.717) is 24.8 Å². The predicted molar refractivity (Wildman–Crippen MR) is 128 cm³/mol. The van der Waals surface area contributed by atoms with Crippen LogP contribution in [0.15, 0.2) is 73.1 Å². The first-order chi connectivity index (χ1) is 16.0. The minimum atomic E-state index is -0.0405. The van der Waals surface area contributed by atoms with Crippen LogP contribution < -0.4 is 4.74 Å². The summed E-state index contributed by atoms with van der Waals surface area (Å²) in [5.41, 5.74) is 5.46. The molecular weight excluding hydrogens is 412 g/mol. The molecule has 2 aromatic heterocycles. The van der Waals surface area contributed by atoms with Crippen molar-refractivity contribution in [3.05, 3.63) is 95.4 Å². The number of amides is 1. The predicted octanol–water partition coefficient (Wildman–Crippen LogP) is 5.02. The smallest absolute Gasteiger partial charge is 0.261 e. The number of hydrogen-bond donors (Lipinski definition) is 0. The number of hydrogen-bond acceptors (Lipinski definition) is 3. The highest BCUT2D eigenvalue weighted by Crippen LogP contribution is 2.30. The Morgan fingerprint density at radius 3 is 2.36 bits per heavy atom. The van der Waals surface area contributed by atoms with Gasteiger partial charge in [-0.1, -0.05) is 43.7 Å². The van der Waals surface area contributed by atoms with E-state index in [1.54, 1.807) is 0 Å². The molecule has 4 aromatic rings. The molecule has 168 valence electrons. The van der Waals surface area contributed by atoms with Gasteiger partial charge in [0.2, 0.25) is 0 Å². The molecule has 1 aliphatic rings. The standard InChI is InChI=1S/C27H28N4O2/c1-19(2)21-8-12-23(13-9-21)33-18-26(32)30-16-24-25(17-30)28-31(22-10-6-20(3)7-11-22)27(24)29-14-4-5-15-29/h4-15,19H,16-18H2,1-3H3. The maximum atomic E-state index is 12.9. The van der Waals surface area contributed by atoms with Gasteiger partial charge in [-0.3, -0.25) is 4.79 Å². The minimum absolute atomic E-state index is 0.0160. The van der Waals surface area contributed by atoms with Gasteiger partial charge < -0.3 is 14.2 Å². The average molecular weight is 441 g/mol. The maximum absolute atomic E-state index is 12.9. The van der Waals surface area contributed by atoms with E-state index in [0.717, 1.165) is 22.8 Å². The second kappa shape index (κ2) is 8.62. The Labute approximate surface area is 194 Å². The molecule has 0 aliphatic carbocycles. The van der Waals surface area contributed by atoms with Gasteiger partial charge in [0.25, 0.3) is 5.91 Å². The molecule has 0 N–H and O–H groups in total. The molecule has 0 unspecified atom stereocenters. The number of rotatable bonds is 6. The van der Waals surface area contributed by atoms with Crippen LogP contribution in [0.5, 0.6) is 5.75 Å². The Bertz CT molecular complexity index is 1250. The van der Waals surface area contributed by atoms with Crippen molar-refractivity contribution >= 4 is 5.91 Å². The van der Waals surface area contributed by atoms with Crippen molar-refractivity contribution in [1.82, 2.24) is 19.2 Å².